The van der Waals surface area contributed by atoms with E-state index in [1.807, 2.05) is 0 Å². The molecule has 2 rings (SSSR count). The average Bonchev–Trinajstić information content (AvgIpc) is 2.40. The number of halogens is 1. The van der Waals surface area contributed by atoms with Gasteiger partial charge in [-0.3, -0.25) is 4.79 Å². The highest BCUT2D eigenvalue weighted by molar-refractivity contribution is 7.90. The van der Waals surface area contributed by atoms with Crippen LogP contribution in [0.1, 0.15) is 15.9 Å². The summed E-state index contributed by atoms with van der Waals surface area (Å²) in [6, 6.07) is 7.11. The van der Waals surface area contributed by atoms with Crippen molar-refractivity contribution in [2.45, 2.75) is 11.8 Å². The highest BCUT2D eigenvalue weighted by atomic mass is 32.2. The number of aromatic nitrogens is 1. The van der Waals surface area contributed by atoms with Crippen LogP contribution in [0, 0.1) is 12.9 Å². The van der Waals surface area contributed by atoms with E-state index in [1.165, 1.54) is 30.5 Å². The third-order valence-electron chi connectivity index (χ3n) is 2.89. The van der Waals surface area contributed by atoms with Crippen LogP contribution in [-0.2, 0) is 9.84 Å². The maximum atomic E-state index is 13.4. The van der Waals surface area contributed by atoms with Gasteiger partial charge >= 0.3 is 0 Å². The lowest BCUT2D eigenvalue weighted by Gasteiger charge is -2.10. The van der Waals surface area contributed by atoms with Gasteiger partial charge in [0.05, 0.1) is 10.5 Å². The molecule has 1 aromatic heterocycles. The van der Waals surface area contributed by atoms with E-state index < -0.39 is 21.7 Å². The maximum absolute atomic E-state index is 13.4. The van der Waals surface area contributed by atoms with Gasteiger partial charge in [-0.1, -0.05) is 6.07 Å². The molecule has 1 aromatic carbocycles. The number of hydrogen-bond acceptors (Lipinski definition) is 4. The van der Waals surface area contributed by atoms with Gasteiger partial charge in [0.15, 0.2) is 9.84 Å². The van der Waals surface area contributed by atoms with Crippen molar-refractivity contribution in [1.29, 1.82) is 0 Å². The van der Waals surface area contributed by atoms with Crippen LogP contribution in [0.5, 0.6) is 0 Å². The fraction of sp³-hybridized carbons (Fsp3) is 0.143. The van der Waals surface area contributed by atoms with Crippen molar-refractivity contribution >= 4 is 21.4 Å². The van der Waals surface area contributed by atoms with Crippen molar-refractivity contribution in [1.82, 2.24) is 4.98 Å². The van der Waals surface area contributed by atoms with Crippen molar-refractivity contribution < 1.29 is 17.6 Å². The Kier molecular flexibility index (Phi) is 4.04. The molecule has 21 heavy (non-hydrogen) atoms. The van der Waals surface area contributed by atoms with Crippen LogP contribution in [0.25, 0.3) is 0 Å². The lowest BCUT2D eigenvalue weighted by molar-refractivity contribution is 0.102. The summed E-state index contributed by atoms with van der Waals surface area (Å²) in [6.07, 6.45) is 2.31. The van der Waals surface area contributed by atoms with Crippen LogP contribution in [0.2, 0.25) is 0 Å². The van der Waals surface area contributed by atoms with Crippen LogP contribution in [0.4, 0.5) is 10.1 Å². The minimum Gasteiger partial charge on any atom is -0.322 e. The minimum absolute atomic E-state index is 0.0788. The van der Waals surface area contributed by atoms with Crippen LogP contribution in [0.3, 0.4) is 0 Å². The van der Waals surface area contributed by atoms with Crippen molar-refractivity contribution in [2.24, 2.45) is 0 Å². The Morgan fingerprint density at radius 2 is 2.00 bits per heavy atom. The number of amides is 1. The number of benzene rings is 1. The molecule has 0 atom stereocenters. The second-order valence-electron chi connectivity index (χ2n) is 4.54. The predicted octanol–water partition coefficient (Wildman–Crippen LogP) is 2.18. The summed E-state index contributed by atoms with van der Waals surface area (Å²) in [5, 5.41) is 2.50. The molecule has 7 heteroatoms. The van der Waals surface area contributed by atoms with Crippen LogP contribution in [-0.4, -0.2) is 25.6 Å². The summed E-state index contributed by atoms with van der Waals surface area (Å²) in [4.78, 5) is 15.5. The van der Waals surface area contributed by atoms with E-state index in [4.69, 9.17) is 0 Å². The largest absolute Gasteiger partial charge is 0.322 e. The van der Waals surface area contributed by atoms with Crippen LogP contribution in [0.15, 0.2) is 41.4 Å². The molecule has 0 bridgehead atoms. The Morgan fingerprint density at radius 1 is 1.29 bits per heavy atom. The molecule has 1 amide bonds. The Labute approximate surface area is 121 Å². The first kappa shape index (κ1) is 15.1. The van der Waals surface area contributed by atoms with Gasteiger partial charge in [-0.15, -0.1) is 0 Å². The Balaban J connectivity index is 2.36. The van der Waals surface area contributed by atoms with Crippen molar-refractivity contribution in [3.05, 3.63) is 53.6 Å². The number of nitrogens with zero attached hydrogens (tertiary/aromatic N) is 1. The fourth-order valence-electron chi connectivity index (χ4n) is 1.71. The maximum Gasteiger partial charge on any atom is 0.260 e. The van der Waals surface area contributed by atoms with E-state index in [2.05, 4.69) is 10.3 Å². The Morgan fingerprint density at radius 3 is 2.62 bits per heavy atom. The van der Waals surface area contributed by atoms with Gasteiger partial charge in [0.2, 0.25) is 5.95 Å². The fourth-order valence-corrected chi connectivity index (χ4v) is 2.36. The number of anilines is 1. The zero-order valence-electron chi connectivity index (χ0n) is 11.4. The number of hydrogen-bond donors (Lipinski definition) is 1. The van der Waals surface area contributed by atoms with E-state index in [9.17, 15) is 17.6 Å². The molecule has 0 radical (unpaired) electrons. The summed E-state index contributed by atoms with van der Waals surface area (Å²) >= 11 is 0. The zero-order chi connectivity index (χ0) is 15.6. The molecule has 0 saturated carbocycles. The molecule has 1 N–H and O–H groups in total. The van der Waals surface area contributed by atoms with Gasteiger partial charge in [-0.25, -0.2) is 13.4 Å². The monoisotopic (exact) mass is 308 g/mol. The number of carbonyl (C=O) groups excluding carboxylic acids is 1. The first-order valence-corrected chi connectivity index (χ1v) is 7.91. The van der Waals surface area contributed by atoms with E-state index in [0.29, 0.717) is 11.3 Å². The van der Waals surface area contributed by atoms with Gasteiger partial charge in [-0.2, -0.15) is 4.39 Å². The predicted molar refractivity (Wildman–Crippen MR) is 76.4 cm³/mol. The molecule has 0 aliphatic carbocycles. The first-order valence-electron chi connectivity index (χ1n) is 6.01. The first-order chi connectivity index (χ1) is 9.79. The molecule has 1 heterocycles. The lowest BCUT2D eigenvalue weighted by Crippen LogP contribution is -2.15. The van der Waals surface area contributed by atoms with E-state index >= 15 is 0 Å². The molecular formula is C14H13FN2O3S. The number of nitrogens with one attached hydrogen (secondary N) is 1. The normalized spacial score (nSPS) is 11.2. The quantitative estimate of drug-likeness (QED) is 0.882. The van der Waals surface area contributed by atoms with E-state index in [1.54, 1.807) is 13.0 Å². The highest BCUT2D eigenvalue weighted by Crippen LogP contribution is 2.21. The highest BCUT2D eigenvalue weighted by Gasteiger charge is 2.15. The third-order valence-corrected chi connectivity index (χ3v) is 4.00. The Hall–Kier alpha value is -2.28. The molecule has 0 fully saturated rings. The number of aryl methyl sites for hydroxylation is 1. The molecule has 0 aliphatic rings. The summed E-state index contributed by atoms with van der Waals surface area (Å²) in [5.74, 6) is -1.57. The summed E-state index contributed by atoms with van der Waals surface area (Å²) in [5.41, 5.74) is 0.771. The van der Waals surface area contributed by atoms with Crippen LogP contribution >= 0.6 is 0 Å². The topological polar surface area (TPSA) is 76.1 Å². The van der Waals surface area contributed by atoms with Gasteiger partial charge in [0, 0.05) is 18.1 Å². The third kappa shape index (κ3) is 3.43. The van der Waals surface area contributed by atoms with Gasteiger partial charge in [-0.05, 0) is 36.8 Å². The van der Waals surface area contributed by atoms with E-state index in [0.717, 1.165) is 6.26 Å². The second-order valence-corrected chi connectivity index (χ2v) is 6.56. The van der Waals surface area contributed by atoms with Crippen molar-refractivity contribution in [2.75, 3.05) is 11.6 Å². The van der Waals surface area contributed by atoms with Gasteiger partial charge < -0.3 is 5.32 Å². The molecule has 0 spiro atoms. The molecule has 2 aromatic rings. The lowest BCUT2D eigenvalue weighted by atomic mass is 10.2. The molecule has 5 nitrogen and oxygen atoms in total. The summed E-state index contributed by atoms with van der Waals surface area (Å²) < 4.78 is 36.5. The molecule has 0 saturated heterocycles. The molecule has 0 unspecified atom stereocenters. The number of carbonyl (C=O) groups is 1. The molecule has 110 valence electrons. The SMILES string of the molecule is Cc1ccc(S(C)(=O)=O)cc1NC(=O)c1cccnc1F. The minimum atomic E-state index is -3.39. The number of pyridine rings is 1. The van der Waals surface area contributed by atoms with Gasteiger partial charge in [0.1, 0.15) is 0 Å². The number of rotatable bonds is 3. The zero-order valence-corrected chi connectivity index (χ0v) is 12.2. The van der Waals surface area contributed by atoms with Crippen molar-refractivity contribution in [3.63, 3.8) is 0 Å². The number of sulfone groups is 1. The van der Waals surface area contributed by atoms with E-state index in [-0.39, 0.29) is 10.5 Å². The summed E-state index contributed by atoms with van der Waals surface area (Å²) in [7, 11) is -3.39. The Bertz CT molecular complexity index is 804. The van der Waals surface area contributed by atoms with Crippen LogP contribution < -0.4 is 5.32 Å². The van der Waals surface area contributed by atoms with Crippen molar-refractivity contribution in [3.8, 4) is 0 Å². The molecular weight excluding hydrogens is 295 g/mol. The van der Waals surface area contributed by atoms with Gasteiger partial charge in [0.25, 0.3) is 5.91 Å². The standard InChI is InChI=1S/C14H13FN2O3S/c1-9-5-6-10(21(2,19)20)8-12(9)17-14(18)11-4-3-7-16-13(11)15/h3-8H,1-2H3,(H,17,18). The smallest absolute Gasteiger partial charge is 0.260 e. The summed E-state index contributed by atoms with van der Waals surface area (Å²) in [6.45, 7) is 1.71. The molecule has 0 aliphatic heterocycles. The average molecular weight is 308 g/mol. The second kappa shape index (κ2) is 5.61.